The van der Waals surface area contributed by atoms with Crippen molar-refractivity contribution in [3.63, 3.8) is 0 Å². The summed E-state index contributed by atoms with van der Waals surface area (Å²) in [5, 5.41) is 20.8. The second kappa shape index (κ2) is 11.7. The number of benzene rings is 5. The molecule has 0 saturated carbocycles. The van der Waals surface area contributed by atoms with E-state index in [2.05, 4.69) is 9.69 Å². The summed E-state index contributed by atoms with van der Waals surface area (Å²) in [6.07, 6.45) is -5.31. The van der Waals surface area contributed by atoms with Crippen LogP contribution in [0.5, 0.6) is 0 Å². The smallest absolute Gasteiger partial charge is 0.226 e. The average Bonchev–Trinajstić information content (AvgIpc) is 3.66. The van der Waals surface area contributed by atoms with Crippen LogP contribution in [0.4, 0.5) is 30.7 Å². The Hall–Kier alpha value is -6.69. The molecule has 0 atom stereocenters. The van der Waals surface area contributed by atoms with Crippen LogP contribution in [0, 0.1) is 66.0 Å². The molecule has 5 aromatic carbocycles. The van der Waals surface area contributed by atoms with Crippen LogP contribution in [0.25, 0.3) is 65.6 Å². The van der Waals surface area contributed by atoms with Gasteiger partial charge in [0, 0.05) is 10.8 Å². The quantitative estimate of drug-likeness (QED) is 0.135. The van der Waals surface area contributed by atoms with Crippen molar-refractivity contribution in [2.45, 2.75) is 25.9 Å². The molecule has 0 radical (unpaired) electrons. The van der Waals surface area contributed by atoms with Gasteiger partial charge in [0.1, 0.15) is 28.8 Å². The standard InChI is InChI=1S/C40H17F7N4/c1-18-29(41)10-19(11-30(18)42)21-6-4-8-23-25(21)14-27-35(33(16-48)50-2)28-15-26-22(20-12-31(43)39(32(44)13-20)40(45,46)47)7-5-9-24(26)37(28)38(36(23)27)34(17-49)51-3/h4-13H,14-15H2,1H3/b35-33+,38-34+. The van der Waals surface area contributed by atoms with E-state index < -0.39 is 35.0 Å². The van der Waals surface area contributed by atoms with Crippen LogP contribution in [-0.4, -0.2) is 0 Å². The Bertz CT molecular complexity index is 2660. The van der Waals surface area contributed by atoms with Crippen molar-refractivity contribution in [2.24, 2.45) is 0 Å². The zero-order chi connectivity index (χ0) is 36.5. The fourth-order valence-electron chi connectivity index (χ4n) is 7.32. The number of nitrogens with zero attached hydrogens (tertiary/aromatic N) is 4. The predicted octanol–water partition coefficient (Wildman–Crippen LogP) is 9.15. The molecule has 51 heavy (non-hydrogen) atoms. The number of rotatable bonds is 2. The minimum Gasteiger partial charge on any atom is -0.226 e. The number of halogens is 7. The summed E-state index contributed by atoms with van der Waals surface area (Å²) >= 11 is 0. The summed E-state index contributed by atoms with van der Waals surface area (Å²) in [5.41, 5.74) is 1.10. The molecule has 2 aliphatic rings. The maximum Gasteiger partial charge on any atom is 0.422 e. The fourth-order valence-corrected chi connectivity index (χ4v) is 7.32. The second-order valence-corrected chi connectivity index (χ2v) is 12.0. The van der Waals surface area contributed by atoms with Gasteiger partial charge >= 0.3 is 6.18 Å². The molecule has 246 valence electrons. The molecule has 7 rings (SSSR count). The summed E-state index contributed by atoms with van der Waals surface area (Å²) in [6.45, 7) is 17.1. The second-order valence-electron chi connectivity index (χ2n) is 12.0. The van der Waals surface area contributed by atoms with Crippen molar-refractivity contribution in [3.8, 4) is 56.6 Å². The molecule has 0 amide bonds. The maximum absolute atomic E-state index is 14.8. The Labute approximate surface area is 285 Å². The zero-order valence-corrected chi connectivity index (χ0v) is 26.1. The highest BCUT2D eigenvalue weighted by Gasteiger charge is 2.39. The van der Waals surface area contributed by atoms with Gasteiger partial charge in [0.05, 0.1) is 25.3 Å². The summed E-state index contributed by atoms with van der Waals surface area (Å²) in [6, 6.07) is 17.0. The highest BCUT2D eigenvalue weighted by molar-refractivity contribution is 5.96. The molecule has 0 bridgehead atoms. The van der Waals surface area contributed by atoms with E-state index in [1.165, 1.54) is 31.2 Å². The molecule has 0 aliphatic heterocycles. The first-order valence-corrected chi connectivity index (χ1v) is 15.1. The van der Waals surface area contributed by atoms with E-state index in [0.717, 1.165) is 0 Å². The number of hydrogen-bond acceptors (Lipinski definition) is 2. The van der Waals surface area contributed by atoms with Crippen molar-refractivity contribution in [3.05, 3.63) is 151 Å². The lowest BCUT2D eigenvalue weighted by molar-refractivity contribution is -0.142. The van der Waals surface area contributed by atoms with Gasteiger partial charge in [-0.25, -0.2) is 37.8 Å². The van der Waals surface area contributed by atoms with Crippen LogP contribution in [0.3, 0.4) is 0 Å². The van der Waals surface area contributed by atoms with Crippen LogP contribution < -0.4 is 10.4 Å². The summed E-state index contributed by atoms with van der Waals surface area (Å²) in [7, 11) is 0. The Balaban J connectivity index is 1.60. The van der Waals surface area contributed by atoms with E-state index >= 15 is 0 Å². The van der Waals surface area contributed by atoms with E-state index in [0.29, 0.717) is 62.2 Å². The highest BCUT2D eigenvalue weighted by atomic mass is 19.4. The number of hydrogen-bond donors (Lipinski definition) is 0. The molecular formula is C40H17F7N4. The van der Waals surface area contributed by atoms with Gasteiger partial charge in [0.25, 0.3) is 11.4 Å². The summed E-state index contributed by atoms with van der Waals surface area (Å²) in [5.74, 6) is -5.15. The Morgan fingerprint density at radius 3 is 1.41 bits per heavy atom. The minimum absolute atomic E-state index is 0.0451. The van der Waals surface area contributed by atoms with Crippen LogP contribution in [0.1, 0.15) is 33.4 Å². The van der Waals surface area contributed by atoms with Crippen molar-refractivity contribution in [1.29, 1.82) is 10.5 Å². The molecule has 2 aliphatic carbocycles. The lowest BCUT2D eigenvalue weighted by Crippen LogP contribution is -2.25. The zero-order valence-electron chi connectivity index (χ0n) is 26.1. The molecule has 5 aromatic rings. The van der Waals surface area contributed by atoms with E-state index in [9.17, 15) is 41.3 Å². The molecule has 11 heteroatoms. The monoisotopic (exact) mass is 686 g/mol. The van der Waals surface area contributed by atoms with Crippen molar-refractivity contribution < 1.29 is 30.7 Å². The van der Waals surface area contributed by atoms with Gasteiger partial charge < -0.3 is 0 Å². The topological polar surface area (TPSA) is 56.3 Å². The first kappa shape index (κ1) is 32.8. The van der Waals surface area contributed by atoms with Crippen LogP contribution in [0.2, 0.25) is 0 Å². The lowest BCUT2D eigenvalue weighted by atomic mass is 9.90. The van der Waals surface area contributed by atoms with Gasteiger partial charge in [-0.05, 0) is 116 Å². The Morgan fingerprint density at radius 1 is 0.627 bits per heavy atom. The third kappa shape index (κ3) is 4.86. The number of nitriles is 2. The summed E-state index contributed by atoms with van der Waals surface area (Å²) in [4.78, 5) is 7.00. The van der Waals surface area contributed by atoms with Gasteiger partial charge in [-0.3, -0.25) is 0 Å². The van der Waals surface area contributed by atoms with Crippen molar-refractivity contribution >= 4 is 11.4 Å². The lowest BCUT2D eigenvalue weighted by Gasteiger charge is -2.14. The van der Waals surface area contributed by atoms with E-state index in [-0.39, 0.29) is 56.9 Å². The fraction of sp³-hybridized carbons (Fsp3) is 0.100. The number of alkyl halides is 3. The molecule has 0 saturated heterocycles. The molecule has 0 spiro atoms. The van der Waals surface area contributed by atoms with E-state index in [4.69, 9.17) is 13.1 Å². The van der Waals surface area contributed by atoms with Gasteiger partial charge in [-0.1, -0.05) is 36.4 Å². The van der Waals surface area contributed by atoms with Crippen LogP contribution >= 0.6 is 0 Å². The third-order valence-electron chi connectivity index (χ3n) is 9.44. The molecule has 0 aromatic heterocycles. The molecule has 0 unspecified atom stereocenters. The first-order valence-electron chi connectivity index (χ1n) is 15.1. The van der Waals surface area contributed by atoms with Gasteiger partial charge in [0.2, 0.25) is 0 Å². The van der Waals surface area contributed by atoms with E-state index in [1.54, 1.807) is 24.3 Å². The average molecular weight is 687 g/mol. The number of fused-ring (bicyclic) bond motifs is 6. The Morgan fingerprint density at radius 2 is 1.02 bits per heavy atom. The van der Waals surface area contributed by atoms with Crippen molar-refractivity contribution in [2.75, 3.05) is 0 Å². The van der Waals surface area contributed by atoms with Crippen molar-refractivity contribution in [1.82, 2.24) is 0 Å². The highest BCUT2D eigenvalue weighted by Crippen LogP contribution is 2.46. The normalized spacial score (nSPS) is 13.5. The largest absolute Gasteiger partial charge is 0.422 e. The van der Waals surface area contributed by atoms with Gasteiger partial charge in [-0.15, -0.1) is 0 Å². The van der Waals surface area contributed by atoms with Crippen LogP contribution in [-0.2, 0) is 19.0 Å². The summed E-state index contributed by atoms with van der Waals surface area (Å²) < 4.78 is 99.3. The molecule has 0 heterocycles. The molecule has 0 fully saturated rings. The van der Waals surface area contributed by atoms with E-state index in [1.807, 2.05) is 12.1 Å². The van der Waals surface area contributed by atoms with Gasteiger partial charge in [0.15, 0.2) is 0 Å². The first-order chi connectivity index (χ1) is 24.3. The molecule has 4 nitrogen and oxygen atoms in total. The maximum atomic E-state index is 14.8. The molecular weight excluding hydrogens is 669 g/mol. The third-order valence-corrected chi connectivity index (χ3v) is 9.44. The predicted molar refractivity (Wildman–Crippen MR) is 174 cm³/mol. The molecule has 0 N–H and O–H groups in total. The Kier molecular flexibility index (Phi) is 7.55. The van der Waals surface area contributed by atoms with Gasteiger partial charge in [-0.2, -0.15) is 13.2 Å². The SMILES string of the molecule is [C-]#[N+]/C(C#N)=c1\c2c(/c(=C(/C#N)[N+]#[C-])c3c1Cc1c(-c4cc(F)c(C(F)(F)F)c(F)c4)cccc1-3)-c1cccc(-c3cc(F)c(C)c(F)c3)c1C2. The minimum atomic E-state index is -5.28. The van der Waals surface area contributed by atoms with Crippen LogP contribution in [0.15, 0.2) is 60.7 Å².